The second kappa shape index (κ2) is 8.05. The van der Waals surface area contributed by atoms with Crippen molar-refractivity contribution < 1.29 is 14.1 Å². The van der Waals surface area contributed by atoms with Gasteiger partial charge in [0.2, 0.25) is 0 Å². The Balaban J connectivity index is 1.95. The van der Waals surface area contributed by atoms with Crippen molar-refractivity contribution in [2.45, 2.75) is 19.9 Å². The lowest BCUT2D eigenvalue weighted by Crippen LogP contribution is -2.16. The highest BCUT2D eigenvalue weighted by molar-refractivity contribution is 7.16. The Labute approximate surface area is 158 Å². The van der Waals surface area contributed by atoms with E-state index in [1.54, 1.807) is 28.8 Å². The predicted octanol–water partition coefficient (Wildman–Crippen LogP) is 4.30. The van der Waals surface area contributed by atoms with Gasteiger partial charge in [-0.05, 0) is 30.2 Å². The summed E-state index contributed by atoms with van der Waals surface area (Å²) in [5.74, 6) is -0.864. The summed E-state index contributed by atoms with van der Waals surface area (Å²) >= 11 is 1.25. The number of halogens is 1. The Bertz CT molecular complexity index is 1110. The quantitative estimate of drug-likeness (QED) is 0.373. The highest BCUT2D eigenvalue weighted by Crippen LogP contribution is 2.20. The molecular formula is C19H16FN3O3S. The first-order valence-corrected chi connectivity index (χ1v) is 9.10. The zero-order valence-corrected chi connectivity index (χ0v) is 15.3. The van der Waals surface area contributed by atoms with E-state index in [0.717, 1.165) is 11.1 Å². The highest BCUT2D eigenvalue weighted by atomic mass is 32.1. The van der Waals surface area contributed by atoms with Crippen LogP contribution in [0.4, 0.5) is 10.1 Å². The monoisotopic (exact) mass is 385 g/mol. The van der Waals surface area contributed by atoms with Crippen LogP contribution in [0.2, 0.25) is 0 Å². The summed E-state index contributed by atoms with van der Waals surface area (Å²) in [5.41, 5.74) is 0.914. The van der Waals surface area contributed by atoms with Crippen LogP contribution in [0.25, 0.3) is 16.3 Å². The number of carbonyl (C=O) groups is 1. The molecule has 27 heavy (non-hydrogen) atoms. The van der Waals surface area contributed by atoms with Crippen molar-refractivity contribution in [3.8, 4) is 0 Å². The van der Waals surface area contributed by atoms with E-state index >= 15 is 0 Å². The number of aryl methyl sites for hydroxylation is 1. The van der Waals surface area contributed by atoms with Gasteiger partial charge >= 0.3 is 0 Å². The molecule has 138 valence electrons. The Morgan fingerprint density at radius 1 is 1.33 bits per heavy atom. The van der Waals surface area contributed by atoms with Crippen molar-refractivity contribution in [2.24, 2.45) is 4.99 Å². The standard InChI is InChI=1S/C19H16FN3O3S/c1-2-11-22-18-15(20)7-4-8-16(18)27-19(22)21-17(24)10-9-13-5-3-6-14(12-13)23(25)26/h3-10,12H,2,11H2,1H3/b10-9+,21-19?. The van der Waals surface area contributed by atoms with E-state index in [2.05, 4.69) is 4.99 Å². The van der Waals surface area contributed by atoms with Crippen LogP contribution < -0.4 is 4.80 Å². The maximum atomic E-state index is 14.2. The molecule has 0 saturated carbocycles. The van der Waals surface area contributed by atoms with Gasteiger partial charge in [0, 0.05) is 24.8 Å². The van der Waals surface area contributed by atoms with Crippen LogP contribution in [-0.2, 0) is 11.3 Å². The van der Waals surface area contributed by atoms with E-state index < -0.39 is 10.8 Å². The number of carbonyl (C=O) groups excluding carboxylic acids is 1. The number of rotatable bonds is 5. The van der Waals surface area contributed by atoms with E-state index in [9.17, 15) is 19.3 Å². The number of fused-ring (bicyclic) bond motifs is 1. The molecule has 3 rings (SSSR count). The van der Waals surface area contributed by atoms with Crippen LogP contribution in [0, 0.1) is 15.9 Å². The topological polar surface area (TPSA) is 77.5 Å². The predicted molar refractivity (Wildman–Crippen MR) is 103 cm³/mol. The molecule has 6 nitrogen and oxygen atoms in total. The van der Waals surface area contributed by atoms with Crippen LogP contribution in [0.15, 0.2) is 53.5 Å². The van der Waals surface area contributed by atoms with Gasteiger partial charge in [-0.2, -0.15) is 4.99 Å². The molecule has 3 aromatic rings. The van der Waals surface area contributed by atoms with Gasteiger partial charge in [-0.15, -0.1) is 0 Å². The highest BCUT2D eigenvalue weighted by Gasteiger charge is 2.10. The molecule has 0 unspecified atom stereocenters. The van der Waals surface area contributed by atoms with E-state index in [1.807, 2.05) is 6.92 Å². The lowest BCUT2D eigenvalue weighted by atomic mass is 10.2. The molecule has 1 aromatic heterocycles. The summed E-state index contributed by atoms with van der Waals surface area (Å²) in [5, 5.41) is 10.8. The molecule has 0 bridgehead atoms. The number of non-ortho nitro benzene ring substituents is 1. The fraction of sp³-hybridized carbons (Fsp3) is 0.158. The number of para-hydroxylation sites is 1. The number of nitrogens with zero attached hydrogens (tertiary/aromatic N) is 3. The molecule has 0 radical (unpaired) electrons. The second-order valence-corrected chi connectivity index (χ2v) is 6.77. The minimum Gasteiger partial charge on any atom is -0.314 e. The first-order valence-electron chi connectivity index (χ1n) is 8.28. The van der Waals surface area contributed by atoms with Crippen LogP contribution in [0.1, 0.15) is 18.9 Å². The zero-order chi connectivity index (χ0) is 19.4. The van der Waals surface area contributed by atoms with E-state index in [-0.39, 0.29) is 11.5 Å². The van der Waals surface area contributed by atoms with Crippen LogP contribution in [0.5, 0.6) is 0 Å². The molecule has 0 aliphatic carbocycles. The van der Waals surface area contributed by atoms with E-state index in [0.29, 0.717) is 22.4 Å². The minimum atomic E-state index is -0.515. The van der Waals surface area contributed by atoms with Crippen molar-refractivity contribution in [1.29, 1.82) is 0 Å². The van der Waals surface area contributed by atoms with Gasteiger partial charge in [0.15, 0.2) is 4.80 Å². The van der Waals surface area contributed by atoms with Crippen LogP contribution in [0.3, 0.4) is 0 Å². The Kier molecular flexibility index (Phi) is 5.56. The normalized spacial score (nSPS) is 12.1. The third-order valence-electron chi connectivity index (χ3n) is 3.80. The molecule has 1 heterocycles. The largest absolute Gasteiger partial charge is 0.314 e. The van der Waals surface area contributed by atoms with Gasteiger partial charge in [-0.25, -0.2) is 4.39 Å². The van der Waals surface area contributed by atoms with Crippen LogP contribution >= 0.6 is 11.3 Å². The summed E-state index contributed by atoms with van der Waals surface area (Å²) in [6, 6.07) is 10.7. The van der Waals surface area contributed by atoms with Crippen molar-refractivity contribution in [2.75, 3.05) is 0 Å². The van der Waals surface area contributed by atoms with Crippen molar-refractivity contribution in [3.05, 3.63) is 74.8 Å². The maximum Gasteiger partial charge on any atom is 0.272 e. The average Bonchev–Trinajstić information content (AvgIpc) is 2.99. The molecule has 0 fully saturated rings. The number of hydrogen-bond acceptors (Lipinski definition) is 4. The lowest BCUT2D eigenvalue weighted by molar-refractivity contribution is -0.384. The number of benzene rings is 2. The summed E-state index contributed by atoms with van der Waals surface area (Å²) < 4.78 is 16.6. The zero-order valence-electron chi connectivity index (χ0n) is 14.5. The van der Waals surface area contributed by atoms with Crippen molar-refractivity contribution >= 4 is 39.2 Å². The molecular weight excluding hydrogens is 369 g/mol. The fourth-order valence-corrected chi connectivity index (χ4v) is 3.72. The Hall–Kier alpha value is -3.13. The first-order chi connectivity index (χ1) is 13.0. The number of aromatic nitrogens is 1. The van der Waals surface area contributed by atoms with Gasteiger partial charge in [-0.1, -0.05) is 36.5 Å². The molecule has 0 atom stereocenters. The van der Waals surface area contributed by atoms with Gasteiger partial charge < -0.3 is 4.57 Å². The molecule has 0 aliphatic rings. The molecule has 0 spiro atoms. The molecule has 8 heteroatoms. The van der Waals surface area contributed by atoms with Crippen molar-refractivity contribution in [3.63, 3.8) is 0 Å². The Morgan fingerprint density at radius 3 is 2.85 bits per heavy atom. The molecule has 0 N–H and O–H groups in total. The fourth-order valence-electron chi connectivity index (χ4n) is 2.64. The third-order valence-corrected chi connectivity index (χ3v) is 4.85. The average molecular weight is 385 g/mol. The summed E-state index contributed by atoms with van der Waals surface area (Å²) in [6.07, 6.45) is 3.48. The summed E-state index contributed by atoms with van der Waals surface area (Å²) in [4.78, 5) is 27.1. The molecule has 0 saturated heterocycles. The van der Waals surface area contributed by atoms with Gasteiger partial charge in [0.25, 0.3) is 11.6 Å². The Morgan fingerprint density at radius 2 is 2.11 bits per heavy atom. The number of amides is 1. The summed E-state index contributed by atoms with van der Waals surface area (Å²) in [7, 11) is 0. The summed E-state index contributed by atoms with van der Waals surface area (Å²) in [6.45, 7) is 2.51. The van der Waals surface area contributed by atoms with E-state index in [4.69, 9.17) is 0 Å². The van der Waals surface area contributed by atoms with Gasteiger partial charge in [-0.3, -0.25) is 14.9 Å². The SMILES string of the molecule is CCCn1c(=NC(=O)/C=C/c2cccc([N+](=O)[O-])c2)sc2cccc(F)c21. The molecule has 0 aliphatic heterocycles. The second-order valence-electron chi connectivity index (χ2n) is 5.76. The molecule has 1 amide bonds. The molecule has 2 aromatic carbocycles. The number of nitro benzene ring substituents is 1. The first kappa shape index (κ1) is 18.7. The smallest absolute Gasteiger partial charge is 0.272 e. The number of hydrogen-bond donors (Lipinski definition) is 0. The minimum absolute atomic E-state index is 0.0534. The van der Waals surface area contributed by atoms with Crippen LogP contribution in [-0.4, -0.2) is 15.4 Å². The number of nitro groups is 1. The lowest BCUT2D eigenvalue weighted by Gasteiger charge is -2.02. The van der Waals surface area contributed by atoms with Crippen molar-refractivity contribution in [1.82, 2.24) is 4.57 Å². The maximum absolute atomic E-state index is 14.2. The number of thiazole rings is 1. The van der Waals surface area contributed by atoms with Gasteiger partial charge in [0.1, 0.15) is 5.82 Å². The third kappa shape index (κ3) is 4.17. The van der Waals surface area contributed by atoms with E-state index in [1.165, 1.54) is 41.7 Å². The van der Waals surface area contributed by atoms with Gasteiger partial charge in [0.05, 0.1) is 15.1 Å².